The van der Waals surface area contributed by atoms with Crippen molar-refractivity contribution in [2.45, 2.75) is 44.0 Å². The number of likely N-dealkylation sites (tertiary alicyclic amines) is 1. The molecule has 2 aromatic heterocycles. The normalized spacial score (nSPS) is 17.5. The van der Waals surface area contributed by atoms with Crippen LogP contribution in [-0.2, 0) is 25.3 Å². The monoisotopic (exact) mass is 697 g/mol. The van der Waals surface area contributed by atoms with Gasteiger partial charge >= 0.3 is 0 Å². The summed E-state index contributed by atoms with van der Waals surface area (Å²) in [4.78, 5) is 39.3. The molecule has 47 heavy (non-hydrogen) atoms. The number of piperidine rings is 1. The van der Waals surface area contributed by atoms with E-state index >= 15 is 0 Å². The molecule has 0 radical (unpaired) electrons. The molecule has 7 rings (SSSR count). The Morgan fingerprint density at radius 2 is 1.17 bits per heavy atom. The summed E-state index contributed by atoms with van der Waals surface area (Å²) in [6, 6.07) is 14.5. The number of halogens is 5. The molecule has 1 fully saturated rings. The number of nitrogens with zero attached hydrogens (tertiary/aromatic N) is 5. The Morgan fingerprint density at radius 1 is 0.681 bits per heavy atom. The number of alkyl halides is 3. The minimum Gasteiger partial charge on any atom is -0.306 e. The van der Waals surface area contributed by atoms with Gasteiger partial charge in [-0.1, -0.05) is 23.2 Å². The fourth-order valence-electron chi connectivity index (χ4n) is 6.11. The van der Waals surface area contributed by atoms with Gasteiger partial charge in [0.15, 0.2) is 0 Å². The first-order valence-electron chi connectivity index (χ1n) is 15.3. The number of amides is 2. The maximum atomic E-state index is 13.3. The van der Waals surface area contributed by atoms with Crippen molar-refractivity contribution in [3.05, 3.63) is 117 Å². The zero-order valence-electron chi connectivity index (χ0n) is 25.4. The molecule has 2 aromatic carbocycles. The van der Waals surface area contributed by atoms with Crippen LogP contribution in [0.25, 0.3) is 0 Å². The molecule has 7 nitrogen and oxygen atoms in total. The third-order valence-electron chi connectivity index (χ3n) is 8.63. The van der Waals surface area contributed by atoms with Crippen molar-refractivity contribution in [3.63, 3.8) is 0 Å². The van der Waals surface area contributed by atoms with Crippen molar-refractivity contribution in [1.29, 1.82) is 0 Å². The average Bonchev–Trinajstić information content (AvgIpc) is 3.06. The van der Waals surface area contributed by atoms with Crippen molar-refractivity contribution in [2.24, 2.45) is 0 Å². The molecular weight excluding hydrogens is 667 g/mol. The zero-order valence-corrected chi connectivity index (χ0v) is 27.7. The SMILES string of the molecule is O=C1c2ccc(Cl)cc2CCN1c1cncc(CCl)c1.O=C1c2ccc(Cl)cc2CCN1c1cncc(CN2CCC(F)(F)CC2)c1. The Kier molecular flexibility index (Phi) is 10.1. The van der Waals surface area contributed by atoms with E-state index in [1.807, 2.05) is 29.2 Å². The lowest BCUT2D eigenvalue weighted by Gasteiger charge is -2.32. The molecule has 244 valence electrons. The van der Waals surface area contributed by atoms with Crippen molar-refractivity contribution < 1.29 is 18.4 Å². The first-order valence-corrected chi connectivity index (χ1v) is 16.6. The number of pyridine rings is 2. The van der Waals surface area contributed by atoms with E-state index in [0.717, 1.165) is 46.5 Å². The molecule has 0 aliphatic carbocycles. The van der Waals surface area contributed by atoms with Gasteiger partial charge in [0.2, 0.25) is 0 Å². The summed E-state index contributed by atoms with van der Waals surface area (Å²) in [7, 11) is 0. The fourth-order valence-corrected chi connectivity index (χ4v) is 6.64. The largest absolute Gasteiger partial charge is 0.306 e. The molecule has 0 N–H and O–H groups in total. The Balaban J connectivity index is 0.000000172. The van der Waals surface area contributed by atoms with Crippen LogP contribution in [0, 0.1) is 0 Å². The minimum atomic E-state index is -2.55. The highest BCUT2D eigenvalue weighted by Gasteiger charge is 2.34. The quantitative estimate of drug-likeness (QED) is 0.199. The van der Waals surface area contributed by atoms with Gasteiger partial charge < -0.3 is 9.80 Å². The van der Waals surface area contributed by atoms with Gasteiger partial charge in [0.1, 0.15) is 0 Å². The topological polar surface area (TPSA) is 69.6 Å². The van der Waals surface area contributed by atoms with Gasteiger partial charge in [-0.05, 0) is 83.6 Å². The third kappa shape index (κ3) is 7.75. The van der Waals surface area contributed by atoms with E-state index in [-0.39, 0.29) is 24.7 Å². The van der Waals surface area contributed by atoms with E-state index in [1.165, 1.54) is 0 Å². The minimum absolute atomic E-state index is 0.0172. The number of rotatable bonds is 5. The van der Waals surface area contributed by atoms with Crippen LogP contribution in [0.4, 0.5) is 20.2 Å². The van der Waals surface area contributed by atoms with Crippen LogP contribution in [-0.4, -0.2) is 58.8 Å². The molecule has 0 unspecified atom stereocenters. The molecule has 12 heteroatoms. The lowest BCUT2D eigenvalue weighted by molar-refractivity contribution is -0.0566. The summed E-state index contributed by atoms with van der Waals surface area (Å²) in [6.45, 7) is 2.49. The summed E-state index contributed by atoms with van der Waals surface area (Å²) < 4.78 is 26.6. The smallest absolute Gasteiger partial charge is 0.258 e. The average molecular weight is 699 g/mol. The van der Waals surface area contributed by atoms with E-state index in [0.29, 0.717) is 59.8 Å². The predicted molar refractivity (Wildman–Crippen MR) is 181 cm³/mol. The molecule has 0 saturated carbocycles. The van der Waals surface area contributed by atoms with Crippen LogP contribution in [0.2, 0.25) is 10.0 Å². The molecule has 5 heterocycles. The second-order valence-electron chi connectivity index (χ2n) is 11.9. The standard InChI is InChI=1S/C20H20ClF2N3O.C15H12Cl2N2O/c21-16-1-2-18-15(10-16)3-6-26(19(18)27)17-9-14(11-24-12-17)13-25-7-4-20(22,23)5-8-25;16-7-10-5-13(9-18-8-10)19-4-3-11-6-12(17)1-2-14(11)15(19)20/h1-2,9-12H,3-8,13H2;1-2,5-6,8-9H,3-4,7H2. The van der Waals surface area contributed by atoms with Crippen molar-refractivity contribution in [2.75, 3.05) is 36.0 Å². The van der Waals surface area contributed by atoms with E-state index in [2.05, 4.69) is 9.97 Å². The second-order valence-corrected chi connectivity index (χ2v) is 13.0. The Hall–Kier alpha value is -3.63. The number of hydrogen-bond acceptors (Lipinski definition) is 5. The molecule has 0 spiro atoms. The van der Waals surface area contributed by atoms with Crippen LogP contribution >= 0.6 is 34.8 Å². The predicted octanol–water partition coefficient (Wildman–Crippen LogP) is 7.85. The number of anilines is 2. The number of fused-ring (bicyclic) bond motifs is 2. The summed E-state index contributed by atoms with van der Waals surface area (Å²) in [5, 5.41) is 1.29. The third-order valence-corrected chi connectivity index (χ3v) is 9.41. The molecule has 3 aliphatic heterocycles. The Morgan fingerprint density at radius 3 is 1.68 bits per heavy atom. The lowest BCUT2D eigenvalue weighted by Crippen LogP contribution is -2.39. The maximum Gasteiger partial charge on any atom is 0.258 e. The van der Waals surface area contributed by atoms with Gasteiger partial charge in [-0.15, -0.1) is 11.6 Å². The van der Waals surface area contributed by atoms with Crippen LogP contribution in [0.1, 0.15) is 55.8 Å². The molecule has 4 aromatic rings. The highest BCUT2D eigenvalue weighted by molar-refractivity contribution is 6.31. The molecule has 1 saturated heterocycles. The number of aromatic nitrogens is 2. The highest BCUT2D eigenvalue weighted by atomic mass is 35.5. The zero-order chi connectivity index (χ0) is 33.1. The van der Waals surface area contributed by atoms with E-state index in [1.54, 1.807) is 58.9 Å². The van der Waals surface area contributed by atoms with Gasteiger partial charge in [0.05, 0.1) is 23.8 Å². The first kappa shape index (κ1) is 33.3. The summed E-state index contributed by atoms with van der Waals surface area (Å²) >= 11 is 17.8. The number of carbonyl (C=O) groups excluding carboxylic acids is 2. The molecular formula is C35H32Cl3F2N5O2. The Bertz CT molecular complexity index is 1800. The molecule has 3 aliphatic rings. The molecule has 2 amide bonds. The Labute approximate surface area is 287 Å². The summed E-state index contributed by atoms with van der Waals surface area (Å²) in [5.41, 5.74) is 6.68. The molecule has 0 bridgehead atoms. The maximum absolute atomic E-state index is 13.3. The first-order chi connectivity index (χ1) is 22.6. The second kappa shape index (κ2) is 14.2. The van der Waals surface area contributed by atoms with Gasteiger partial charge in [-0.25, -0.2) is 8.78 Å². The lowest BCUT2D eigenvalue weighted by atomic mass is 9.98. The number of hydrogen-bond donors (Lipinski definition) is 0. The van der Waals surface area contributed by atoms with Gasteiger partial charge in [-0.3, -0.25) is 24.5 Å². The van der Waals surface area contributed by atoms with Crippen LogP contribution in [0.5, 0.6) is 0 Å². The van der Waals surface area contributed by atoms with Gasteiger partial charge in [-0.2, -0.15) is 0 Å². The molecule has 0 atom stereocenters. The van der Waals surface area contributed by atoms with Crippen molar-refractivity contribution in [3.8, 4) is 0 Å². The highest BCUT2D eigenvalue weighted by Crippen LogP contribution is 2.30. The van der Waals surface area contributed by atoms with E-state index in [9.17, 15) is 18.4 Å². The van der Waals surface area contributed by atoms with Crippen molar-refractivity contribution in [1.82, 2.24) is 14.9 Å². The van der Waals surface area contributed by atoms with Crippen LogP contribution in [0.15, 0.2) is 73.3 Å². The van der Waals surface area contributed by atoms with E-state index in [4.69, 9.17) is 34.8 Å². The van der Waals surface area contributed by atoms with Crippen LogP contribution < -0.4 is 9.80 Å². The van der Waals surface area contributed by atoms with Gasteiger partial charge in [0.25, 0.3) is 17.7 Å². The van der Waals surface area contributed by atoms with Gasteiger partial charge in [0, 0.05) is 85.0 Å². The van der Waals surface area contributed by atoms with Crippen molar-refractivity contribution >= 4 is 58.0 Å². The number of benzene rings is 2. The number of carbonyl (C=O) groups is 2. The summed E-state index contributed by atoms with van der Waals surface area (Å²) in [5.74, 6) is -2.25. The van der Waals surface area contributed by atoms with Crippen LogP contribution in [0.3, 0.4) is 0 Å². The van der Waals surface area contributed by atoms with E-state index < -0.39 is 5.92 Å². The summed E-state index contributed by atoms with van der Waals surface area (Å²) in [6.07, 6.45) is 8.10. The fraction of sp³-hybridized carbons (Fsp3) is 0.314.